The number of sulfonamides is 1. The van der Waals surface area contributed by atoms with Crippen molar-refractivity contribution in [2.45, 2.75) is 25.3 Å². The number of H-pyrrole nitrogens is 1. The Bertz CT molecular complexity index is 1320. The van der Waals surface area contributed by atoms with Crippen molar-refractivity contribution in [3.05, 3.63) is 62.5 Å². The molecule has 0 aliphatic heterocycles. The molecular weight excluding hydrogens is 561 g/mol. The molecule has 0 spiro atoms. The average Bonchev–Trinajstić information content (AvgIpc) is 2.77. The van der Waals surface area contributed by atoms with Gasteiger partial charge in [-0.05, 0) is 30.2 Å². The number of aliphatic carboxylic acids is 1. The predicted molar refractivity (Wildman–Crippen MR) is 131 cm³/mol. The van der Waals surface area contributed by atoms with Gasteiger partial charge in [0, 0.05) is 17.3 Å². The highest BCUT2D eigenvalue weighted by Gasteiger charge is 2.38. The molecule has 18 heteroatoms. The van der Waals surface area contributed by atoms with E-state index < -0.39 is 39.4 Å². The Morgan fingerprint density at radius 3 is 2.39 bits per heavy atom. The fraction of sp³-hybridized carbons (Fsp3) is 0.300. The molecule has 210 valence electrons. The zero-order valence-electron chi connectivity index (χ0n) is 19.6. The number of carbonyl (C=O) groups excluding carboxylic acids is 1. The molecule has 0 fully saturated rings. The Labute approximate surface area is 219 Å². The highest BCUT2D eigenvalue weighted by Crippen LogP contribution is 2.20. The number of carboxylic acid groups (broad SMARTS) is 1. The maximum atomic E-state index is 12.6. The molecular formula is C20H24ClF3N6O7S. The summed E-state index contributed by atoms with van der Waals surface area (Å²) in [6, 6.07) is 7.98. The van der Waals surface area contributed by atoms with Crippen LogP contribution in [0.15, 0.2) is 35.1 Å². The topological polar surface area (TPSA) is 217 Å². The summed E-state index contributed by atoms with van der Waals surface area (Å²) in [7, 11) is -3.98. The van der Waals surface area contributed by atoms with Crippen LogP contribution in [0.1, 0.15) is 16.8 Å². The van der Waals surface area contributed by atoms with Gasteiger partial charge in [0.15, 0.2) is 0 Å². The maximum Gasteiger partial charge on any atom is 0.490 e. The largest absolute Gasteiger partial charge is 0.490 e. The molecule has 1 amide bonds. The summed E-state index contributed by atoms with van der Waals surface area (Å²) < 4.78 is 59.2. The van der Waals surface area contributed by atoms with Gasteiger partial charge in [0.1, 0.15) is 5.69 Å². The van der Waals surface area contributed by atoms with Crippen molar-refractivity contribution in [1.29, 1.82) is 5.41 Å². The van der Waals surface area contributed by atoms with Gasteiger partial charge >= 0.3 is 12.1 Å². The van der Waals surface area contributed by atoms with Gasteiger partial charge in [-0.15, -0.1) is 0 Å². The van der Waals surface area contributed by atoms with Crippen molar-refractivity contribution in [3.8, 4) is 0 Å². The number of aromatic nitrogens is 1. The van der Waals surface area contributed by atoms with E-state index in [-0.39, 0.29) is 41.8 Å². The Balaban J connectivity index is 0.000000905. The summed E-state index contributed by atoms with van der Waals surface area (Å²) in [6.07, 6.45) is -5.32. The van der Waals surface area contributed by atoms with Crippen LogP contribution in [0.2, 0.25) is 5.02 Å². The molecule has 0 saturated carbocycles. The van der Waals surface area contributed by atoms with Gasteiger partial charge < -0.3 is 21.1 Å². The third kappa shape index (κ3) is 11.9. The van der Waals surface area contributed by atoms with Crippen LogP contribution in [0, 0.1) is 12.3 Å². The van der Waals surface area contributed by atoms with Gasteiger partial charge in [-0.1, -0.05) is 29.8 Å². The molecule has 2 aromatic rings. The number of nitrogens with two attached hydrogens (primary N) is 1. The fourth-order valence-electron chi connectivity index (χ4n) is 2.63. The van der Waals surface area contributed by atoms with Crippen LogP contribution in [0.25, 0.3) is 0 Å². The number of carbonyl (C=O) groups is 2. The second-order valence-electron chi connectivity index (χ2n) is 7.33. The number of amides is 1. The summed E-state index contributed by atoms with van der Waals surface area (Å²) in [4.78, 5) is 40.9. The van der Waals surface area contributed by atoms with Crippen LogP contribution in [-0.2, 0) is 36.6 Å². The van der Waals surface area contributed by atoms with E-state index in [1.54, 1.807) is 31.2 Å². The van der Waals surface area contributed by atoms with Gasteiger partial charge in [0.25, 0.3) is 5.56 Å². The minimum Gasteiger partial charge on any atom is -0.475 e. The van der Waals surface area contributed by atoms with Gasteiger partial charge in [0.2, 0.25) is 21.9 Å². The molecule has 0 saturated heterocycles. The van der Waals surface area contributed by atoms with E-state index in [0.717, 1.165) is 0 Å². The first-order valence-corrected chi connectivity index (χ1v) is 12.3. The molecule has 8 N–H and O–H groups in total. The first-order valence-electron chi connectivity index (χ1n) is 10.3. The number of nitrogens with one attached hydrogen (secondary N) is 5. The Morgan fingerprint density at radius 1 is 1.24 bits per heavy atom. The number of aryl methyl sites for hydroxylation is 1. The van der Waals surface area contributed by atoms with Crippen molar-refractivity contribution >= 4 is 45.1 Å². The number of guanidine groups is 1. The monoisotopic (exact) mass is 584 g/mol. The van der Waals surface area contributed by atoms with Gasteiger partial charge in [-0.25, -0.2) is 18.7 Å². The number of anilines is 1. The third-order valence-corrected chi connectivity index (χ3v) is 5.69. The molecule has 1 heterocycles. The predicted octanol–water partition coefficient (Wildman–Crippen LogP) is 0.985. The molecule has 1 aromatic heterocycles. The van der Waals surface area contributed by atoms with Crippen LogP contribution < -0.4 is 26.8 Å². The minimum atomic E-state index is -5.08. The Kier molecular flexibility index (Phi) is 12.0. The van der Waals surface area contributed by atoms with E-state index in [2.05, 4.69) is 20.5 Å². The van der Waals surface area contributed by atoms with Crippen molar-refractivity contribution in [3.63, 3.8) is 0 Å². The van der Waals surface area contributed by atoms with Gasteiger partial charge in [-0.2, -0.15) is 13.2 Å². The lowest BCUT2D eigenvalue weighted by atomic mass is 10.1. The number of hydrogen-bond acceptors (Lipinski definition) is 7. The molecule has 0 aliphatic carbocycles. The van der Waals surface area contributed by atoms with Crippen molar-refractivity contribution in [1.82, 2.24) is 15.8 Å². The molecule has 0 aliphatic rings. The molecule has 1 aromatic carbocycles. The van der Waals surface area contributed by atoms with Crippen molar-refractivity contribution in [2.24, 2.45) is 5.73 Å². The highest BCUT2D eigenvalue weighted by molar-refractivity contribution is 7.91. The quantitative estimate of drug-likeness (QED) is 0.0915. The first kappa shape index (κ1) is 32.2. The summed E-state index contributed by atoms with van der Waals surface area (Å²) in [5.74, 6) is -4.03. The van der Waals surface area contributed by atoms with E-state index in [0.29, 0.717) is 11.3 Å². The van der Waals surface area contributed by atoms with E-state index >= 15 is 0 Å². The second-order valence-corrected chi connectivity index (χ2v) is 9.46. The summed E-state index contributed by atoms with van der Waals surface area (Å²) >= 11 is 6.03. The number of hydrogen-bond donors (Lipinski definition) is 7. The number of pyridine rings is 1. The number of benzene rings is 1. The summed E-state index contributed by atoms with van der Waals surface area (Å²) in [6.45, 7) is 1.76. The van der Waals surface area contributed by atoms with Gasteiger partial charge in [0.05, 0.1) is 18.8 Å². The normalized spacial score (nSPS) is 11.1. The van der Waals surface area contributed by atoms with E-state index in [9.17, 15) is 31.2 Å². The molecule has 2 rings (SSSR count). The summed E-state index contributed by atoms with van der Waals surface area (Å²) in [5.41, 5.74) is 7.33. The zero-order chi connectivity index (χ0) is 29.1. The zero-order valence-corrected chi connectivity index (χ0v) is 21.2. The number of hydroxylamine groups is 1. The number of alkyl halides is 3. The van der Waals surface area contributed by atoms with E-state index in [1.807, 2.05) is 0 Å². The lowest BCUT2D eigenvalue weighted by molar-refractivity contribution is -0.192. The Morgan fingerprint density at radius 2 is 1.84 bits per heavy atom. The third-order valence-electron chi connectivity index (χ3n) is 4.11. The lowest BCUT2D eigenvalue weighted by Gasteiger charge is -2.13. The lowest BCUT2D eigenvalue weighted by Crippen LogP contribution is -2.35. The Hall–Kier alpha value is -3.83. The summed E-state index contributed by atoms with van der Waals surface area (Å²) in [5, 5.41) is 16.9. The van der Waals surface area contributed by atoms with E-state index in [1.165, 1.54) is 6.07 Å². The van der Waals surface area contributed by atoms with Crippen LogP contribution in [-0.4, -0.2) is 55.7 Å². The second kappa shape index (κ2) is 14.2. The number of rotatable bonds is 10. The number of carboxylic acids is 1. The number of halogens is 4. The van der Waals surface area contributed by atoms with Crippen molar-refractivity contribution < 1.29 is 41.1 Å². The van der Waals surface area contributed by atoms with Crippen LogP contribution >= 0.6 is 11.6 Å². The van der Waals surface area contributed by atoms with E-state index in [4.69, 9.17) is 37.5 Å². The minimum absolute atomic E-state index is 0.0387. The maximum absolute atomic E-state index is 12.6. The smallest absolute Gasteiger partial charge is 0.475 e. The van der Waals surface area contributed by atoms with Crippen LogP contribution in [0.5, 0.6) is 0 Å². The van der Waals surface area contributed by atoms with Gasteiger partial charge in [-0.3, -0.25) is 24.6 Å². The average molecular weight is 585 g/mol. The fourth-order valence-corrected chi connectivity index (χ4v) is 4.18. The molecule has 0 unspecified atom stereocenters. The van der Waals surface area contributed by atoms with Crippen LogP contribution in [0.3, 0.4) is 0 Å². The number of aromatic amines is 1. The highest BCUT2D eigenvalue weighted by atomic mass is 35.5. The molecule has 38 heavy (non-hydrogen) atoms. The first-order chi connectivity index (χ1) is 17.5. The van der Waals surface area contributed by atoms with Crippen molar-refractivity contribution in [2.75, 3.05) is 17.9 Å². The molecule has 0 atom stereocenters. The van der Waals surface area contributed by atoms with Crippen LogP contribution in [0.4, 0.5) is 18.9 Å². The SMILES string of the molecule is Cc1cc(CC(=O)NCCONC(=N)N)c(NS(=O)(=O)Cc2ccccc2Cl)c(=O)[nH]1.O=C(O)C(F)(F)F. The molecule has 0 radical (unpaired) electrons. The standard InChI is InChI=1S/C18H23ClN6O5S.C2HF3O2/c1-11-8-13(9-15(26)22-6-7-30-24-18(20)21)16(17(27)23-11)25-31(28,29)10-12-4-2-3-5-14(12)19;3-2(4,5)1(6)7/h2-5,8,25H,6-7,9-10H2,1H3,(H,22,26)(H,23,27)(H4,20,21,24);(H,6,7). The molecule has 13 nitrogen and oxygen atoms in total. The molecule has 0 bridgehead atoms.